The maximum Gasteiger partial charge on any atom is 0.245 e. The highest BCUT2D eigenvalue weighted by Gasteiger charge is 2.38. The number of aromatic nitrogens is 8. The van der Waals surface area contributed by atoms with Crippen LogP contribution in [0.1, 0.15) is 72.6 Å². The monoisotopic (exact) mass is 750 g/mol. The Kier molecular flexibility index (Phi) is 10.5. The van der Waals surface area contributed by atoms with Gasteiger partial charge in [-0.25, -0.2) is 29.9 Å². The minimum atomic E-state index is -0.373. The Morgan fingerprint density at radius 2 is 0.946 bits per heavy atom. The first-order chi connectivity index (χ1) is 27.3. The molecule has 0 unspecified atom stereocenters. The second kappa shape index (κ2) is 15.9. The van der Waals surface area contributed by atoms with E-state index >= 15 is 0 Å². The van der Waals surface area contributed by atoms with Crippen molar-refractivity contribution in [3.63, 3.8) is 0 Å². The second-order valence-corrected chi connectivity index (χ2v) is 14.9. The molecule has 0 radical (unpaired) electrons. The number of hydrogen-bond acceptors (Lipinski definition) is 10. The maximum absolute atomic E-state index is 13.9. The number of likely N-dealkylation sites (N-methyl/N-ethyl adjacent to an activating group) is 2. The largest absolute Gasteiger partial charge is 0.340 e. The first-order valence-electron chi connectivity index (χ1n) is 19.1. The van der Waals surface area contributed by atoms with Gasteiger partial charge in [-0.2, -0.15) is 0 Å². The number of aromatic amines is 2. The van der Waals surface area contributed by atoms with Gasteiger partial charge < -0.3 is 19.8 Å². The van der Waals surface area contributed by atoms with E-state index in [1.807, 2.05) is 108 Å². The summed E-state index contributed by atoms with van der Waals surface area (Å²) >= 11 is 0. The van der Waals surface area contributed by atoms with Crippen LogP contribution in [0, 0.1) is 0 Å². The maximum atomic E-state index is 13.9. The van der Waals surface area contributed by atoms with Crippen molar-refractivity contribution in [1.29, 1.82) is 0 Å². The first kappa shape index (κ1) is 36.8. The van der Waals surface area contributed by atoms with E-state index in [-0.39, 0.29) is 36.0 Å². The van der Waals surface area contributed by atoms with Crippen LogP contribution in [0.25, 0.3) is 34.2 Å². The van der Waals surface area contributed by atoms with E-state index < -0.39 is 0 Å². The molecule has 14 heteroatoms. The first-order valence-corrected chi connectivity index (χ1v) is 19.1. The Morgan fingerprint density at radius 1 is 0.571 bits per heavy atom. The number of nitrogens with one attached hydrogen (secondary N) is 2. The third kappa shape index (κ3) is 7.32. The molecule has 4 atom stereocenters. The summed E-state index contributed by atoms with van der Waals surface area (Å²) in [6.45, 7) is 1.36. The predicted molar refractivity (Wildman–Crippen MR) is 211 cm³/mol. The molecule has 2 fully saturated rings. The lowest BCUT2D eigenvalue weighted by atomic mass is 10.0. The minimum absolute atomic E-state index is 0.0677. The van der Waals surface area contributed by atoms with Crippen molar-refractivity contribution in [1.82, 2.24) is 59.5 Å². The summed E-state index contributed by atoms with van der Waals surface area (Å²) in [7, 11) is 7.75. The molecule has 0 bridgehead atoms. The number of carbonyl (C=O) groups excluding carboxylic acids is 2. The van der Waals surface area contributed by atoms with Gasteiger partial charge in [0.2, 0.25) is 11.8 Å². The quantitative estimate of drug-likeness (QED) is 0.170. The van der Waals surface area contributed by atoms with Crippen molar-refractivity contribution in [2.24, 2.45) is 0 Å². The van der Waals surface area contributed by atoms with Gasteiger partial charge in [-0.3, -0.25) is 19.4 Å². The van der Waals surface area contributed by atoms with E-state index in [0.29, 0.717) is 24.7 Å². The molecule has 14 nitrogen and oxygen atoms in total. The molecular formula is C42H46N12O2. The zero-order valence-corrected chi connectivity index (χ0v) is 32.1. The SMILES string of the molecule is CN(C)[C@@H](C(=O)N1CCC[C@@H]1c1ncc(-c2cnc(-c3ncc(-c4cnc([C@H]5CCCN5C(=O)[C@@H](c5ccccc5)N(C)C)[nH]4)cn3)nc2)[nH]1)c1ccccc1. The van der Waals surface area contributed by atoms with Gasteiger partial charge in [-0.15, -0.1) is 0 Å². The van der Waals surface area contributed by atoms with Crippen LogP contribution < -0.4 is 0 Å². The highest BCUT2D eigenvalue weighted by molar-refractivity contribution is 5.84. The van der Waals surface area contributed by atoms with Gasteiger partial charge in [-0.1, -0.05) is 60.7 Å². The summed E-state index contributed by atoms with van der Waals surface area (Å²) < 4.78 is 0. The fraction of sp³-hybridized carbons (Fsp3) is 0.333. The fourth-order valence-electron chi connectivity index (χ4n) is 8.01. The van der Waals surface area contributed by atoms with Gasteiger partial charge in [0.15, 0.2) is 11.6 Å². The van der Waals surface area contributed by atoms with Gasteiger partial charge in [0.1, 0.15) is 23.7 Å². The van der Waals surface area contributed by atoms with Crippen LogP contribution >= 0.6 is 0 Å². The van der Waals surface area contributed by atoms with Crippen LogP contribution in [-0.4, -0.2) is 113 Å². The van der Waals surface area contributed by atoms with Crippen molar-refractivity contribution in [2.45, 2.75) is 49.9 Å². The molecule has 2 N–H and O–H groups in total. The molecule has 4 aromatic heterocycles. The number of nitrogens with zero attached hydrogens (tertiary/aromatic N) is 10. The molecule has 2 aliphatic rings. The summed E-state index contributed by atoms with van der Waals surface area (Å²) in [5.41, 5.74) is 5.01. The Hall–Kier alpha value is -6.12. The predicted octanol–water partition coefficient (Wildman–Crippen LogP) is 5.65. The minimum Gasteiger partial charge on any atom is -0.340 e. The van der Waals surface area contributed by atoms with E-state index in [0.717, 1.165) is 71.0 Å². The van der Waals surface area contributed by atoms with E-state index in [1.54, 1.807) is 37.2 Å². The molecule has 0 spiro atoms. The Morgan fingerprint density at radius 3 is 1.30 bits per heavy atom. The normalized spacial score (nSPS) is 18.2. The van der Waals surface area contributed by atoms with Crippen LogP contribution in [0.5, 0.6) is 0 Å². The zero-order valence-electron chi connectivity index (χ0n) is 32.1. The number of hydrogen-bond donors (Lipinski definition) is 2. The van der Waals surface area contributed by atoms with Crippen molar-refractivity contribution in [3.8, 4) is 34.2 Å². The van der Waals surface area contributed by atoms with Crippen molar-refractivity contribution in [2.75, 3.05) is 41.3 Å². The standard InChI is InChI=1S/C42H46N12O2/c1-51(2)35(27-13-7-5-8-14-27)41(55)53-19-11-17-33(53)37-47-25-31(49-37)29-21-43-39(44-22-29)40-45-23-30(24-46-40)32-26-48-38(50-32)34-18-12-20-54(34)42(56)36(52(3)4)28-15-9-6-10-16-28/h5-10,13-16,21-26,33-36H,11-12,17-20H2,1-4H3,(H,47,49)(H,48,50)/t33-,34-,35-,36-/m1/s1. The number of imidazole rings is 2. The molecule has 6 aromatic rings. The van der Waals surface area contributed by atoms with Gasteiger partial charge in [0.25, 0.3) is 0 Å². The van der Waals surface area contributed by atoms with Crippen LogP contribution in [0.4, 0.5) is 0 Å². The van der Waals surface area contributed by atoms with Crippen LogP contribution in [0.2, 0.25) is 0 Å². The number of carbonyl (C=O) groups is 2. The third-order valence-electron chi connectivity index (χ3n) is 10.8. The van der Waals surface area contributed by atoms with Crippen LogP contribution in [0.3, 0.4) is 0 Å². The summed E-state index contributed by atoms with van der Waals surface area (Å²) in [4.78, 5) is 70.1. The third-order valence-corrected chi connectivity index (χ3v) is 10.8. The van der Waals surface area contributed by atoms with E-state index in [4.69, 9.17) is 9.97 Å². The summed E-state index contributed by atoms with van der Waals surface area (Å²) in [6.07, 6.45) is 13.9. The molecule has 286 valence electrons. The average molecular weight is 751 g/mol. The number of likely N-dealkylation sites (tertiary alicyclic amines) is 2. The number of benzene rings is 2. The van der Waals surface area contributed by atoms with Gasteiger partial charge in [-0.05, 0) is 65.0 Å². The summed E-state index contributed by atoms with van der Waals surface area (Å²) in [6, 6.07) is 18.8. The van der Waals surface area contributed by atoms with Crippen molar-refractivity contribution >= 4 is 11.8 Å². The molecule has 2 aliphatic heterocycles. The number of amides is 2. The molecule has 6 heterocycles. The van der Waals surface area contributed by atoms with Crippen LogP contribution in [-0.2, 0) is 9.59 Å². The Labute approximate surface area is 326 Å². The van der Waals surface area contributed by atoms with Gasteiger partial charge in [0, 0.05) is 49.0 Å². The molecule has 2 saturated heterocycles. The van der Waals surface area contributed by atoms with Gasteiger partial charge in [0.05, 0.1) is 35.9 Å². The molecule has 56 heavy (non-hydrogen) atoms. The summed E-state index contributed by atoms with van der Waals surface area (Å²) in [5.74, 6) is 2.42. The highest BCUT2D eigenvalue weighted by Crippen LogP contribution is 2.36. The molecule has 2 amide bonds. The Bertz CT molecular complexity index is 2090. The van der Waals surface area contributed by atoms with Gasteiger partial charge >= 0.3 is 0 Å². The lowest BCUT2D eigenvalue weighted by Gasteiger charge is -2.31. The molecule has 0 aliphatic carbocycles. The zero-order chi connectivity index (χ0) is 38.8. The molecular weight excluding hydrogens is 705 g/mol. The van der Waals surface area contributed by atoms with E-state index in [9.17, 15) is 9.59 Å². The second-order valence-electron chi connectivity index (χ2n) is 14.9. The lowest BCUT2D eigenvalue weighted by molar-refractivity contribution is -0.138. The smallest absolute Gasteiger partial charge is 0.245 e. The number of H-pyrrole nitrogens is 2. The molecule has 0 saturated carbocycles. The fourth-order valence-corrected chi connectivity index (χ4v) is 8.01. The molecule has 8 rings (SSSR count). The summed E-state index contributed by atoms with van der Waals surface area (Å²) in [5, 5.41) is 0. The Balaban J connectivity index is 0.930. The van der Waals surface area contributed by atoms with E-state index in [2.05, 4.69) is 29.9 Å². The lowest BCUT2D eigenvalue weighted by Crippen LogP contribution is -2.40. The van der Waals surface area contributed by atoms with E-state index in [1.165, 1.54) is 0 Å². The van der Waals surface area contributed by atoms with Crippen LogP contribution in [0.15, 0.2) is 97.8 Å². The topological polar surface area (TPSA) is 156 Å². The average Bonchev–Trinajstić information content (AvgIpc) is 4.06. The van der Waals surface area contributed by atoms with Crippen molar-refractivity contribution in [3.05, 3.63) is 121 Å². The molecule has 2 aromatic carbocycles. The highest BCUT2D eigenvalue weighted by atomic mass is 16.2. The van der Waals surface area contributed by atoms with Crippen molar-refractivity contribution < 1.29 is 9.59 Å². The number of rotatable bonds is 11.